The van der Waals surface area contributed by atoms with Gasteiger partial charge in [0.2, 0.25) is 0 Å². The van der Waals surface area contributed by atoms with Gasteiger partial charge in [-0.15, -0.1) is 0 Å². The Labute approximate surface area is 145 Å². The molecule has 3 rings (SSSR count). The first kappa shape index (κ1) is 16.5. The van der Waals surface area contributed by atoms with Gasteiger partial charge in [-0.3, -0.25) is 9.59 Å². The van der Waals surface area contributed by atoms with Gasteiger partial charge in [0.1, 0.15) is 5.82 Å². The summed E-state index contributed by atoms with van der Waals surface area (Å²) in [6, 6.07) is 14.2. The van der Waals surface area contributed by atoms with E-state index in [1.54, 1.807) is 24.4 Å². The molecule has 0 bridgehead atoms. The van der Waals surface area contributed by atoms with Gasteiger partial charge in [-0.05, 0) is 30.3 Å². The maximum absolute atomic E-state index is 12.3. The summed E-state index contributed by atoms with van der Waals surface area (Å²) in [4.78, 5) is 32.4. The van der Waals surface area contributed by atoms with Crippen LogP contribution >= 0.6 is 0 Å². The summed E-state index contributed by atoms with van der Waals surface area (Å²) < 4.78 is 0. The van der Waals surface area contributed by atoms with Crippen molar-refractivity contribution in [3.05, 3.63) is 54.2 Å². The van der Waals surface area contributed by atoms with Crippen molar-refractivity contribution in [2.45, 2.75) is 0 Å². The van der Waals surface area contributed by atoms with Crippen molar-refractivity contribution in [3.8, 4) is 6.07 Å². The lowest BCUT2D eigenvalue weighted by atomic mass is 10.2. The minimum absolute atomic E-state index is 0.425. The fourth-order valence-corrected chi connectivity index (χ4v) is 2.67. The van der Waals surface area contributed by atoms with Gasteiger partial charge in [-0.2, -0.15) is 5.26 Å². The molecule has 1 saturated heterocycles. The van der Waals surface area contributed by atoms with Crippen molar-refractivity contribution in [1.82, 2.24) is 9.88 Å². The van der Waals surface area contributed by atoms with Crippen LogP contribution in [0.4, 0.5) is 11.5 Å². The van der Waals surface area contributed by atoms with Gasteiger partial charge in [0.15, 0.2) is 0 Å². The number of nitriles is 1. The first-order valence-electron chi connectivity index (χ1n) is 7.94. The van der Waals surface area contributed by atoms with E-state index < -0.39 is 11.8 Å². The number of anilines is 2. The third kappa shape index (κ3) is 3.93. The lowest BCUT2D eigenvalue weighted by Crippen LogP contribution is -2.51. The predicted molar refractivity (Wildman–Crippen MR) is 92.8 cm³/mol. The third-order valence-electron chi connectivity index (χ3n) is 3.98. The fraction of sp³-hybridized carbons (Fsp3) is 0.222. The lowest BCUT2D eigenvalue weighted by Gasteiger charge is -2.34. The number of nitrogens with zero attached hydrogens (tertiary/aromatic N) is 4. The largest absolute Gasteiger partial charge is 0.353 e. The molecule has 7 nitrogen and oxygen atoms in total. The number of piperazine rings is 1. The molecular formula is C18H17N5O2. The number of nitrogens with one attached hydrogen (secondary N) is 1. The molecule has 1 fully saturated rings. The maximum Gasteiger partial charge on any atom is 0.313 e. The van der Waals surface area contributed by atoms with Crippen molar-refractivity contribution in [2.75, 3.05) is 36.4 Å². The van der Waals surface area contributed by atoms with Gasteiger partial charge >= 0.3 is 11.8 Å². The molecule has 0 saturated carbocycles. The zero-order valence-corrected chi connectivity index (χ0v) is 13.6. The molecule has 0 aliphatic carbocycles. The van der Waals surface area contributed by atoms with Crippen LogP contribution in [-0.2, 0) is 9.59 Å². The van der Waals surface area contributed by atoms with E-state index in [1.165, 1.54) is 11.0 Å². The SMILES string of the molecule is N#Cc1cccc(NC(=O)C(=O)N2CCN(c3ccccn3)CC2)c1. The Balaban J connectivity index is 1.57. The molecule has 1 aliphatic heterocycles. The van der Waals surface area contributed by atoms with Crippen LogP contribution in [0, 0.1) is 11.3 Å². The fourth-order valence-electron chi connectivity index (χ4n) is 2.67. The number of amides is 2. The van der Waals surface area contributed by atoms with Gasteiger partial charge < -0.3 is 15.1 Å². The number of hydrogen-bond acceptors (Lipinski definition) is 5. The molecule has 0 spiro atoms. The minimum Gasteiger partial charge on any atom is -0.353 e. The monoisotopic (exact) mass is 335 g/mol. The first-order chi connectivity index (χ1) is 12.2. The van der Waals surface area contributed by atoms with Crippen molar-refractivity contribution < 1.29 is 9.59 Å². The van der Waals surface area contributed by atoms with Crippen LogP contribution in [-0.4, -0.2) is 47.9 Å². The smallest absolute Gasteiger partial charge is 0.313 e. The Morgan fingerprint density at radius 2 is 1.88 bits per heavy atom. The van der Waals surface area contributed by atoms with E-state index in [2.05, 4.69) is 15.2 Å². The molecule has 1 N–H and O–H groups in total. The Kier molecular flexibility index (Phi) is 4.90. The number of carbonyl (C=O) groups is 2. The van der Waals surface area contributed by atoms with Crippen LogP contribution < -0.4 is 10.2 Å². The van der Waals surface area contributed by atoms with Gasteiger partial charge in [0.25, 0.3) is 0 Å². The molecule has 25 heavy (non-hydrogen) atoms. The molecule has 0 unspecified atom stereocenters. The minimum atomic E-state index is -0.693. The highest BCUT2D eigenvalue weighted by atomic mass is 16.2. The van der Waals surface area contributed by atoms with Crippen molar-refractivity contribution >= 4 is 23.3 Å². The second-order valence-corrected chi connectivity index (χ2v) is 5.61. The highest BCUT2D eigenvalue weighted by Gasteiger charge is 2.26. The van der Waals surface area contributed by atoms with Crippen LogP contribution in [0.15, 0.2) is 48.7 Å². The van der Waals surface area contributed by atoms with Gasteiger partial charge in [-0.1, -0.05) is 12.1 Å². The van der Waals surface area contributed by atoms with Gasteiger partial charge in [0.05, 0.1) is 11.6 Å². The summed E-state index contributed by atoms with van der Waals surface area (Å²) in [7, 11) is 0. The zero-order chi connectivity index (χ0) is 17.6. The molecule has 1 aromatic heterocycles. The summed E-state index contributed by atoms with van der Waals surface area (Å²) in [5.41, 5.74) is 0.860. The third-order valence-corrected chi connectivity index (χ3v) is 3.98. The average Bonchev–Trinajstić information content (AvgIpc) is 2.68. The Bertz CT molecular complexity index is 808. The second-order valence-electron chi connectivity index (χ2n) is 5.61. The number of carbonyl (C=O) groups excluding carboxylic acids is 2. The normalized spacial score (nSPS) is 13.9. The highest BCUT2D eigenvalue weighted by Crippen LogP contribution is 2.14. The molecule has 0 atom stereocenters. The number of benzene rings is 1. The quantitative estimate of drug-likeness (QED) is 0.834. The van der Waals surface area contributed by atoms with Crippen LogP contribution in [0.1, 0.15) is 5.56 Å². The van der Waals surface area contributed by atoms with E-state index in [4.69, 9.17) is 5.26 Å². The molecule has 2 amide bonds. The number of rotatable bonds is 2. The van der Waals surface area contributed by atoms with E-state index >= 15 is 0 Å². The molecule has 2 heterocycles. The zero-order valence-electron chi connectivity index (χ0n) is 13.6. The molecule has 0 radical (unpaired) electrons. The van der Waals surface area contributed by atoms with Crippen LogP contribution in [0.5, 0.6) is 0 Å². The van der Waals surface area contributed by atoms with Crippen LogP contribution in [0.3, 0.4) is 0 Å². The number of hydrogen-bond donors (Lipinski definition) is 1. The summed E-state index contributed by atoms with van der Waals surface area (Å²) in [5, 5.41) is 11.4. The predicted octanol–water partition coefficient (Wildman–Crippen LogP) is 1.24. The molecular weight excluding hydrogens is 318 g/mol. The van der Waals surface area contributed by atoms with E-state index in [1.807, 2.05) is 24.3 Å². The van der Waals surface area contributed by atoms with E-state index in [0.717, 1.165) is 5.82 Å². The van der Waals surface area contributed by atoms with E-state index in [0.29, 0.717) is 37.4 Å². The van der Waals surface area contributed by atoms with E-state index in [9.17, 15) is 9.59 Å². The van der Waals surface area contributed by atoms with Crippen LogP contribution in [0.25, 0.3) is 0 Å². The molecule has 7 heteroatoms. The summed E-state index contributed by atoms with van der Waals surface area (Å²) in [6.45, 7) is 2.17. The summed E-state index contributed by atoms with van der Waals surface area (Å²) >= 11 is 0. The lowest BCUT2D eigenvalue weighted by molar-refractivity contribution is -0.143. The average molecular weight is 335 g/mol. The topological polar surface area (TPSA) is 89.3 Å². The summed E-state index contributed by atoms with van der Waals surface area (Å²) in [6.07, 6.45) is 1.73. The molecule has 126 valence electrons. The Morgan fingerprint density at radius 3 is 2.56 bits per heavy atom. The van der Waals surface area contributed by atoms with Crippen molar-refractivity contribution in [1.29, 1.82) is 5.26 Å². The van der Waals surface area contributed by atoms with Gasteiger partial charge in [-0.25, -0.2) is 4.98 Å². The molecule has 1 aliphatic rings. The molecule has 1 aromatic carbocycles. The molecule has 2 aromatic rings. The van der Waals surface area contributed by atoms with Gasteiger partial charge in [0, 0.05) is 38.1 Å². The summed E-state index contributed by atoms with van der Waals surface area (Å²) in [5.74, 6) is -0.392. The highest BCUT2D eigenvalue weighted by molar-refractivity contribution is 6.39. The number of pyridine rings is 1. The van der Waals surface area contributed by atoms with Crippen LogP contribution in [0.2, 0.25) is 0 Å². The first-order valence-corrected chi connectivity index (χ1v) is 7.94. The second kappa shape index (κ2) is 7.45. The Morgan fingerprint density at radius 1 is 1.08 bits per heavy atom. The number of aromatic nitrogens is 1. The Hall–Kier alpha value is -3.40. The van der Waals surface area contributed by atoms with Crippen molar-refractivity contribution in [3.63, 3.8) is 0 Å². The maximum atomic E-state index is 12.3. The van der Waals surface area contributed by atoms with E-state index in [-0.39, 0.29) is 0 Å². The standard InChI is InChI=1S/C18H17N5O2/c19-13-14-4-3-5-15(12-14)21-17(24)18(25)23-10-8-22(9-11-23)16-6-1-2-7-20-16/h1-7,12H,8-11H2,(H,21,24). The van der Waals surface area contributed by atoms with Crippen molar-refractivity contribution in [2.24, 2.45) is 0 Å².